The number of nitrogens with one attached hydrogen (secondary N) is 2. The average Bonchev–Trinajstić information content (AvgIpc) is 3.52. The highest BCUT2D eigenvalue weighted by atomic mass is 16.2. The Bertz CT molecular complexity index is 946. The molecule has 2 aliphatic rings. The minimum Gasteiger partial charge on any atom is -0.376 e. The molecule has 2 aromatic rings. The number of amides is 3. The summed E-state index contributed by atoms with van der Waals surface area (Å²) in [6, 6.07) is 14.2. The van der Waals surface area contributed by atoms with E-state index in [1.807, 2.05) is 21.9 Å². The van der Waals surface area contributed by atoms with Crippen molar-refractivity contribution in [1.82, 2.24) is 9.80 Å². The van der Waals surface area contributed by atoms with E-state index >= 15 is 0 Å². The topological polar surface area (TPSA) is 81.8 Å². The summed E-state index contributed by atoms with van der Waals surface area (Å²) < 4.78 is 0. The van der Waals surface area contributed by atoms with Gasteiger partial charge < -0.3 is 20.4 Å². The number of carbonyl (C=O) groups excluding carboxylic acids is 3. The van der Waals surface area contributed by atoms with Crippen molar-refractivity contribution in [3.63, 3.8) is 0 Å². The molecule has 2 N–H and O–H groups in total. The molecule has 0 bridgehead atoms. The Morgan fingerprint density at radius 2 is 1.29 bits per heavy atom. The molecule has 4 rings (SSSR count). The van der Waals surface area contributed by atoms with Crippen molar-refractivity contribution in [3.05, 3.63) is 59.7 Å². The van der Waals surface area contributed by atoms with Crippen molar-refractivity contribution in [2.24, 2.45) is 0 Å². The Balaban J connectivity index is 1.28. The molecule has 31 heavy (non-hydrogen) atoms. The second-order valence-corrected chi connectivity index (χ2v) is 8.06. The standard InChI is InChI=1S/C24H28N4O3/c29-22(26-21-7-5-6-19(16-21)24(31)28-14-3-4-15-28)17-25-20-10-8-18(9-11-20)23(30)27-12-1-2-13-27/h5-11,16,25H,1-4,12-15,17H2,(H,26,29). The van der Waals surface area contributed by atoms with Gasteiger partial charge in [0.1, 0.15) is 0 Å². The van der Waals surface area contributed by atoms with Crippen molar-refractivity contribution in [2.45, 2.75) is 25.7 Å². The molecule has 2 fully saturated rings. The summed E-state index contributed by atoms with van der Waals surface area (Å²) in [7, 11) is 0. The van der Waals surface area contributed by atoms with Gasteiger partial charge in [-0.1, -0.05) is 6.07 Å². The Hall–Kier alpha value is -3.35. The number of anilines is 2. The Morgan fingerprint density at radius 3 is 1.90 bits per heavy atom. The lowest BCUT2D eigenvalue weighted by Crippen LogP contribution is -2.28. The number of rotatable bonds is 6. The molecule has 0 unspecified atom stereocenters. The van der Waals surface area contributed by atoms with Gasteiger partial charge in [0.15, 0.2) is 0 Å². The van der Waals surface area contributed by atoms with E-state index in [1.54, 1.807) is 36.4 Å². The van der Waals surface area contributed by atoms with Crippen LogP contribution in [0.5, 0.6) is 0 Å². The van der Waals surface area contributed by atoms with Gasteiger partial charge in [-0.15, -0.1) is 0 Å². The number of nitrogens with zero attached hydrogens (tertiary/aromatic N) is 2. The molecule has 2 aliphatic heterocycles. The van der Waals surface area contributed by atoms with E-state index in [4.69, 9.17) is 0 Å². The summed E-state index contributed by atoms with van der Waals surface area (Å²) in [5, 5.41) is 5.90. The molecule has 0 spiro atoms. The van der Waals surface area contributed by atoms with Crippen LogP contribution in [0.2, 0.25) is 0 Å². The van der Waals surface area contributed by atoms with Crippen LogP contribution in [-0.4, -0.2) is 60.2 Å². The lowest BCUT2D eigenvalue weighted by molar-refractivity contribution is -0.114. The maximum Gasteiger partial charge on any atom is 0.253 e. The molecule has 3 amide bonds. The summed E-state index contributed by atoms with van der Waals surface area (Å²) in [5.74, 6) is -0.136. The van der Waals surface area contributed by atoms with Gasteiger partial charge in [0, 0.05) is 48.7 Å². The summed E-state index contributed by atoms with van der Waals surface area (Å²) in [6.07, 6.45) is 4.22. The third kappa shape index (κ3) is 5.23. The van der Waals surface area contributed by atoms with E-state index < -0.39 is 0 Å². The zero-order valence-corrected chi connectivity index (χ0v) is 17.6. The number of likely N-dealkylation sites (tertiary alicyclic amines) is 2. The highest BCUT2D eigenvalue weighted by Crippen LogP contribution is 2.17. The van der Waals surface area contributed by atoms with Crippen LogP contribution in [0, 0.1) is 0 Å². The van der Waals surface area contributed by atoms with Crippen LogP contribution < -0.4 is 10.6 Å². The van der Waals surface area contributed by atoms with Crippen LogP contribution >= 0.6 is 0 Å². The fraction of sp³-hybridized carbons (Fsp3) is 0.375. The van der Waals surface area contributed by atoms with Crippen LogP contribution in [0.4, 0.5) is 11.4 Å². The fourth-order valence-electron chi connectivity index (χ4n) is 4.05. The molecule has 0 atom stereocenters. The van der Waals surface area contributed by atoms with Gasteiger partial charge >= 0.3 is 0 Å². The number of benzene rings is 2. The lowest BCUT2D eigenvalue weighted by atomic mass is 10.1. The van der Waals surface area contributed by atoms with Gasteiger partial charge in [-0.3, -0.25) is 14.4 Å². The first-order chi connectivity index (χ1) is 15.1. The predicted molar refractivity (Wildman–Crippen MR) is 120 cm³/mol. The second kappa shape index (κ2) is 9.64. The second-order valence-electron chi connectivity index (χ2n) is 8.06. The Labute approximate surface area is 182 Å². The van der Waals surface area contributed by atoms with E-state index in [-0.39, 0.29) is 24.3 Å². The molecule has 7 nitrogen and oxygen atoms in total. The smallest absolute Gasteiger partial charge is 0.253 e. The Morgan fingerprint density at radius 1 is 0.710 bits per heavy atom. The highest BCUT2D eigenvalue weighted by Gasteiger charge is 2.20. The summed E-state index contributed by atoms with van der Waals surface area (Å²) in [6.45, 7) is 3.32. The maximum atomic E-state index is 12.5. The summed E-state index contributed by atoms with van der Waals surface area (Å²) in [4.78, 5) is 41.0. The molecular weight excluding hydrogens is 392 g/mol. The van der Waals surface area contributed by atoms with Gasteiger partial charge in [-0.05, 0) is 68.1 Å². The largest absolute Gasteiger partial charge is 0.376 e. The number of hydrogen-bond donors (Lipinski definition) is 2. The van der Waals surface area contributed by atoms with Gasteiger partial charge in [0.05, 0.1) is 6.54 Å². The zero-order valence-electron chi connectivity index (χ0n) is 17.6. The molecule has 162 valence electrons. The zero-order chi connectivity index (χ0) is 21.6. The van der Waals surface area contributed by atoms with E-state index in [9.17, 15) is 14.4 Å². The van der Waals surface area contributed by atoms with Crippen LogP contribution in [0.25, 0.3) is 0 Å². The van der Waals surface area contributed by atoms with Crippen molar-refractivity contribution < 1.29 is 14.4 Å². The highest BCUT2D eigenvalue weighted by molar-refractivity contribution is 5.98. The van der Waals surface area contributed by atoms with E-state index in [0.29, 0.717) is 16.8 Å². The predicted octanol–water partition coefficient (Wildman–Crippen LogP) is 3.21. The lowest BCUT2D eigenvalue weighted by Gasteiger charge is -2.16. The van der Waals surface area contributed by atoms with E-state index in [1.165, 1.54) is 0 Å². The van der Waals surface area contributed by atoms with Gasteiger partial charge in [-0.2, -0.15) is 0 Å². The fourth-order valence-corrected chi connectivity index (χ4v) is 4.05. The van der Waals surface area contributed by atoms with E-state index in [0.717, 1.165) is 57.5 Å². The third-order valence-electron chi connectivity index (χ3n) is 5.76. The molecule has 2 aromatic carbocycles. The maximum absolute atomic E-state index is 12.5. The molecule has 7 heteroatoms. The Kier molecular flexibility index (Phi) is 6.50. The average molecular weight is 421 g/mol. The van der Waals surface area contributed by atoms with Gasteiger partial charge in [-0.25, -0.2) is 0 Å². The molecule has 2 saturated heterocycles. The van der Waals surface area contributed by atoms with Gasteiger partial charge in [0.2, 0.25) is 5.91 Å². The minimum absolute atomic E-state index is 0.00953. The van der Waals surface area contributed by atoms with Crippen LogP contribution in [0.1, 0.15) is 46.4 Å². The minimum atomic E-state index is -0.206. The summed E-state index contributed by atoms with van der Waals surface area (Å²) >= 11 is 0. The molecule has 2 heterocycles. The monoisotopic (exact) mass is 420 g/mol. The first-order valence-corrected chi connectivity index (χ1v) is 10.9. The third-order valence-corrected chi connectivity index (χ3v) is 5.76. The van der Waals surface area contributed by atoms with Crippen molar-refractivity contribution in [1.29, 1.82) is 0 Å². The molecule has 0 saturated carbocycles. The molecule has 0 radical (unpaired) electrons. The van der Waals surface area contributed by atoms with Crippen molar-refractivity contribution in [2.75, 3.05) is 43.4 Å². The normalized spacial score (nSPS) is 15.7. The summed E-state index contributed by atoms with van der Waals surface area (Å²) in [5.41, 5.74) is 2.62. The van der Waals surface area contributed by atoms with E-state index in [2.05, 4.69) is 10.6 Å². The molecular formula is C24H28N4O3. The number of hydrogen-bond acceptors (Lipinski definition) is 4. The quantitative estimate of drug-likeness (QED) is 0.752. The first kappa shape index (κ1) is 20.9. The SMILES string of the molecule is O=C(CNc1ccc(C(=O)N2CCCC2)cc1)Nc1cccc(C(=O)N2CCCC2)c1. The van der Waals surface area contributed by atoms with Gasteiger partial charge in [0.25, 0.3) is 11.8 Å². The van der Waals surface area contributed by atoms with Crippen LogP contribution in [0.3, 0.4) is 0 Å². The molecule has 0 aromatic heterocycles. The van der Waals surface area contributed by atoms with Crippen LogP contribution in [0.15, 0.2) is 48.5 Å². The van der Waals surface area contributed by atoms with Crippen molar-refractivity contribution >= 4 is 29.1 Å². The molecule has 0 aliphatic carbocycles. The van der Waals surface area contributed by atoms with Crippen molar-refractivity contribution in [3.8, 4) is 0 Å². The van der Waals surface area contributed by atoms with Crippen LogP contribution in [-0.2, 0) is 4.79 Å². The number of carbonyl (C=O) groups is 3. The first-order valence-electron chi connectivity index (χ1n) is 10.9.